The van der Waals surface area contributed by atoms with Crippen LogP contribution in [-0.2, 0) is 0 Å². The lowest BCUT2D eigenvalue weighted by atomic mass is 9.99. The molecule has 1 fully saturated rings. The second-order valence-electron chi connectivity index (χ2n) is 8.14. The molecule has 32 heavy (non-hydrogen) atoms. The number of hydrogen-bond donors (Lipinski definition) is 2. The molecule has 1 aliphatic heterocycles. The summed E-state index contributed by atoms with van der Waals surface area (Å²) in [5.74, 6) is -0.579. The molecule has 0 aliphatic carbocycles. The van der Waals surface area contributed by atoms with E-state index in [1.165, 1.54) is 29.5 Å². The molecular weight excluding hydrogens is 430 g/mol. The maximum atomic E-state index is 13.5. The Morgan fingerprint density at radius 3 is 2.69 bits per heavy atom. The Morgan fingerprint density at radius 1 is 1.16 bits per heavy atom. The average Bonchev–Trinajstić information content (AvgIpc) is 3.40. The number of hydrogen-bond acceptors (Lipinski definition) is 5. The first-order chi connectivity index (χ1) is 15.4. The molecule has 4 rings (SSSR count). The third-order valence-corrected chi connectivity index (χ3v) is 6.90. The molecule has 1 aromatic heterocycles. The minimum absolute atomic E-state index is 0.0523. The molecule has 1 amide bonds. The lowest BCUT2D eigenvalue weighted by molar-refractivity contribution is 0.0795. The Kier molecular flexibility index (Phi) is 6.93. The van der Waals surface area contributed by atoms with Crippen molar-refractivity contribution in [3.8, 4) is 10.6 Å². The molecule has 0 saturated carbocycles. The largest absolute Gasteiger partial charge is 0.341 e. The van der Waals surface area contributed by atoms with Crippen LogP contribution >= 0.6 is 11.3 Å². The van der Waals surface area contributed by atoms with Crippen molar-refractivity contribution in [2.75, 3.05) is 13.6 Å². The van der Waals surface area contributed by atoms with Gasteiger partial charge >= 0.3 is 0 Å². The predicted octanol–water partition coefficient (Wildman–Crippen LogP) is 4.86. The number of nitrogens with one attached hydrogen (secondary N) is 2. The van der Waals surface area contributed by atoms with Crippen LogP contribution in [0, 0.1) is 18.6 Å². The summed E-state index contributed by atoms with van der Waals surface area (Å²) in [6.45, 7) is 2.45. The Bertz CT molecular complexity index is 1090. The summed E-state index contributed by atoms with van der Waals surface area (Å²) in [5, 5.41) is 0.712. The van der Waals surface area contributed by atoms with E-state index in [0.29, 0.717) is 22.1 Å². The van der Waals surface area contributed by atoms with E-state index in [9.17, 15) is 13.6 Å². The SMILES string of the molecule is Cc1nc(-c2ccc(F)cc2)sc1C(=O)N(C)CCCC1CC(c2cccc(F)c2)NN1. The summed E-state index contributed by atoms with van der Waals surface area (Å²) in [6.07, 6.45) is 2.62. The highest BCUT2D eigenvalue weighted by molar-refractivity contribution is 7.17. The molecule has 8 heteroatoms. The van der Waals surface area contributed by atoms with Crippen molar-refractivity contribution in [1.82, 2.24) is 20.7 Å². The van der Waals surface area contributed by atoms with Crippen molar-refractivity contribution < 1.29 is 13.6 Å². The number of aryl methyl sites for hydroxylation is 1. The van der Waals surface area contributed by atoms with E-state index in [-0.39, 0.29) is 29.6 Å². The lowest BCUT2D eigenvalue weighted by Crippen LogP contribution is -2.32. The van der Waals surface area contributed by atoms with Crippen LogP contribution in [0.2, 0.25) is 0 Å². The van der Waals surface area contributed by atoms with Crippen LogP contribution in [0.15, 0.2) is 48.5 Å². The van der Waals surface area contributed by atoms with Gasteiger partial charge in [0.25, 0.3) is 5.91 Å². The van der Waals surface area contributed by atoms with E-state index in [4.69, 9.17) is 0 Å². The molecule has 2 heterocycles. The number of nitrogens with zero attached hydrogens (tertiary/aromatic N) is 2. The van der Waals surface area contributed by atoms with Crippen LogP contribution in [0.1, 0.15) is 46.2 Å². The second-order valence-corrected chi connectivity index (χ2v) is 9.14. The number of thiazole rings is 1. The molecule has 2 aromatic carbocycles. The van der Waals surface area contributed by atoms with Crippen molar-refractivity contribution in [1.29, 1.82) is 0 Å². The van der Waals surface area contributed by atoms with Crippen LogP contribution in [0.25, 0.3) is 10.6 Å². The summed E-state index contributed by atoms with van der Waals surface area (Å²) in [5.41, 5.74) is 8.94. The van der Waals surface area contributed by atoms with Gasteiger partial charge in [0.2, 0.25) is 0 Å². The van der Waals surface area contributed by atoms with Gasteiger partial charge < -0.3 is 4.90 Å². The van der Waals surface area contributed by atoms with Gasteiger partial charge in [0.15, 0.2) is 0 Å². The number of benzene rings is 2. The lowest BCUT2D eigenvalue weighted by Gasteiger charge is -2.17. The third kappa shape index (κ3) is 5.20. The van der Waals surface area contributed by atoms with Crippen molar-refractivity contribution in [2.45, 2.75) is 38.3 Å². The predicted molar refractivity (Wildman–Crippen MR) is 122 cm³/mol. The van der Waals surface area contributed by atoms with Gasteiger partial charge in [0, 0.05) is 31.2 Å². The van der Waals surface area contributed by atoms with Crippen LogP contribution in [-0.4, -0.2) is 35.4 Å². The van der Waals surface area contributed by atoms with Gasteiger partial charge in [-0.05, 0) is 68.1 Å². The standard InChI is InChI=1S/C24H26F2N4OS/c1-15-22(32-23(27-15)16-8-10-18(25)11-9-16)24(31)30(2)12-4-7-20-14-21(29-28-20)17-5-3-6-19(26)13-17/h3,5-6,8-11,13,20-21,28-29H,4,7,12,14H2,1-2H3. The van der Waals surface area contributed by atoms with E-state index < -0.39 is 0 Å². The molecule has 1 saturated heterocycles. The van der Waals surface area contributed by atoms with Gasteiger partial charge in [-0.15, -0.1) is 11.3 Å². The maximum absolute atomic E-state index is 13.5. The number of amides is 1. The molecular formula is C24H26F2N4OS. The van der Waals surface area contributed by atoms with Crippen LogP contribution in [0.3, 0.4) is 0 Å². The van der Waals surface area contributed by atoms with Gasteiger partial charge in [0.05, 0.1) is 5.69 Å². The third-order valence-electron chi connectivity index (χ3n) is 5.71. The number of carbonyl (C=O) groups is 1. The Balaban J connectivity index is 1.29. The summed E-state index contributed by atoms with van der Waals surface area (Å²) in [7, 11) is 1.80. The Hall–Kier alpha value is -2.68. The molecule has 0 spiro atoms. The van der Waals surface area contributed by atoms with Crippen LogP contribution in [0.4, 0.5) is 8.78 Å². The zero-order chi connectivity index (χ0) is 22.7. The molecule has 168 valence electrons. The molecule has 2 unspecified atom stereocenters. The van der Waals surface area contributed by atoms with Gasteiger partial charge in [-0.1, -0.05) is 12.1 Å². The van der Waals surface area contributed by atoms with Gasteiger partial charge in [-0.25, -0.2) is 13.8 Å². The number of rotatable bonds is 7. The van der Waals surface area contributed by atoms with E-state index in [0.717, 1.165) is 30.4 Å². The normalized spacial score (nSPS) is 18.1. The number of aromatic nitrogens is 1. The fourth-order valence-corrected chi connectivity index (χ4v) is 4.98. The number of halogens is 2. The minimum atomic E-state index is -0.299. The number of hydrazine groups is 1. The average molecular weight is 457 g/mol. The first-order valence-electron chi connectivity index (χ1n) is 10.7. The van der Waals surface area contributed by atoms with Gasteiger partial charge in [-0.3, -0.25) is 15.6 Å². The fraction of sp³-hybridized carbons (Fsp3) is 0.333. The highest BCUT2D eigenvalue weighted by Crippen LogP contribution is 2.29. The molecule has 1 aliphatic rings. The van der Waals surface area contributed by atoms with E-state index >= 15 is 0 Å². The van der Waals surface area contributed by atoms with Crippen LogP contribution in [0.5, 0.6) is 0 Å². The van der Waals surface area contributed by atoms with Crippen molar-refractivity contribution in [3.05, 3.63) is 76.3 Å². The summed E-state index contributed by atoms with van der Waals surface area (Å²) >= 11 is 1.33. The van der Waals surface area contributed by atoms with Gasteiger partial charge in [0.1, 0.15) is 21.5 Å². The Morgan fingerprint density at radius 2 is 1.94 bits per heavy atom. The molecule has 0 radical (unpaired) electrons. The summed E-state index contributed by atoms with van der Waals surface area (Å²) in [6, 6.07) is 13.1. The van der Waals surface area contributed by atoms with Crippen molar-refractivity contribution in [3.63, 3.8) is 0 Å². The van der Waals surface area contributed by atoms with Crippen molar-refractivity contribution >= 4 is 17.2 Å². The van der Waals surface area contributed by atoms with Gasteiger partial charge in [-0.2, -0.15) is 0 Å². The highest BCUT2D eigenvalue weighted by atomic mass is 32.1. The first kappa shape index (κ1) is 22.5. The van der Waals surface area contributed by atoms with E-state index in [1.54, 1.807) is 36.2 Å². The first-order valence-corrected chi connectivity index (χ1v) is 11.5. The monoisotopic (exact) mass is 456 g/mol. The summed E-state index contributed by atoms with van der Waals surface area (Å²) in [4.78, 5) is 19.8. The minimum Gasteiger partial charge on any atom is -0.341 e. The molecule has 0 bridgehead atoms. The zero-order valence-electron chi connectivity index (χ0n) is 18.1. The molecule has 2 N–H and O–H groups in total. The smallest absolute Gasteiger partial charge is 0.265 e. The van der Waals surface area contributed by atoms with Crippen molar-refractivity contribution in [2.24, 2.45) is 0 Å². The quantitative estimate of drug-likeness (QED) is 0.533. The maximum Gasteiger partial charge on any atom is 0.265 e. The molecule has 2 atom stereocenters. The van der Waals surface area contributed by atoms with E-state index in [2.05, 4.69) is 15.8 Å². The second kappa shape index (κ2) is 9.85. The van der Waals surface area contributed by atoms with E-state index in [1.807, 2.05) is 13.0 Å². The van der Waals surface area contributed by atoms with Crippen LogP contribution < -0.4 is 10.9 Å². The zero-order valence-corrected chi connectivity index (χ0v) is 18.9. The highest BCUT2D eigenvalue weighted by Gasteiger charge is 2.25. The fourth-order valence-electron chi connectivity index (χ4n) is 3.91. The molecule has 3 aromatic rings. The topological polar surface area (TPSA) is 57.3 Å². The molecule has 5 nitrogen and oxygen atoms in total. The number of carbonyl (C=O) groups excluding carboxylic acids is 1. The Labute approximate surface area is 190 Å². The summed E-state index contributed by atoms with van der Waals surface area (Å²) < 4.78 is 26.6.